The number of hydrogen-bond acceptors (Lipinski definition) is 1. The van der Waals surface area contributed by atoms with E-state index in [9.17, 15) is 9.18 Å². The van der Waals surface area contributed by atoms with Crippen molar-refractivity contribution in [3.63, 3.8) is 0 Å². The van der Waals surface area contributed by atoms with E-state index in [2.05, 4.69) is 6.92 Å². The predicted octanol–water partition coefficient (Wildman–Crippen LogP) is 4.57. The van der Waals surface area contributed by atoms with E-state index in [0.29, 0.717) is 17.9 Å². The molecule has 0 bridgehead atoms. The van der Waals surface area contributed by atoms with Gasteiger partial charge in [-0.05, 0) is 29.5 Å². The summed E-state index contributed by atoms with van der Waals surface area (Å²) in [6.45, 7) is 2.12. The molecule has 19 heavy (non-hydrogen) atoms. The number of fused-ring (bicyclic) bond motifs is 1. The van der Waals surface area contributed by atoms with Crippen molar-refractivity contribution in [2.24, 2.45) is 0 Å². The topological polar surface area (TPSA) is 17.1 Å². The van der Waals surface area contributed by atoms with Gasteiger partial charge in [0.05, 0.1) is 0 Å². The van der Waals surface area contributed by atoms with Gasteiger partial charge < -0.3 is 0 Å². The molecule has 2 aromatic rings. The fourth-order valence-electron chi connectivity index (χ4n) is 2.73. The zero-order chi connectivity index (χ0) is 13.4. The summed E-state index contributed by atoms with van der Waals surface area (Å²) in [5.41, 5.74) is 3.30. The van der Waals surface area contributed by atoms with Gasteiger partial charge in [0.2, 0.25) is 0 Å². The van der Waals surface area contributed by atoms with Crippen LogP contribution in [-0.2, 0) is 0 Å². The molecule has 0 N–H and O–H groups in total. The zero-order valence-electron chi connectivity index (χ0n) is 10.8. The Bertz CT molecular complexity index is 645. The molecule has 3 rings (SSSR count). The van der Waals surface area contributed by atoms with Crippen molar-refractivity contribution in [1.82, 2.24) is 0 Å². The van der Waals surface area contributed by atoms with Crippen LogP contribution in [0, 0.1) is 5.82 Å². The fourth-order valence-corrected chi connectivity index (χ4v) is 2.73. The van der Waals surface area contributed by atoms with Crippen LogP contribution in [0.25, 0.3) is 11.1 Å². The predicted molar refractivity (Wildman–Crippen MR) is 73.8 cm³/mol. The molecular weight excluding hydrogens is 239 g/mol. The lowest BCUT2D eigenvalue weighted by atomic mass is 9.82. The lowest BCUT2D eigenvalue weighted by Gasteiger charge is -2.22. The second-order valence-electron chi connectivity index (χ2n) is 5.14. The quantitative estimate of drug-likeness (QED) is 0.728. The van der Waals surface area contributed by atoms with Gasteiger partial charge in [-0.2, -0.15) is 0 Å². The number of ketones is 1. The Morgan fingerprint density at radius 1 is 1.11 bits per heavy atom. The van der Waals surface area contributed by atoms with Crippen LogP contribution < -0.4 is 0 Å². The van der Waals surface area contributed by atoms with Crippen LogP contribution in [0.15, 0.2) is 42.5 Å². The first kappa shape index (κ1) is 12.1. The summed E-state index contributed by atoms with van der Waals surface area (Å²) in [4.78, 5) is 11.9. The van der Waals surface area contributed by atoms with Crippen LogP contribution in [0.3, 0.4) is 0 Å². The van der Waals surface area contributed by atoms with E-state index >= 15 is 0 Å². The molecule has 1 nitrogen and oxygen atoms in total. The molecule has 0 aliphatic heterocycles. The van der Waals surface area contributed by atoms with Crippen molar-refractivity contribution >= 4 is 5.78 Å². The molecule has 96 valence electrons. The Morgan fingerprint density at radius 3 is 2.68 bits per heavy atom. The third kappa shape index (κ3) is 2.07. The van der Waals surface area contributed by atoms with Crippen LogP contribution in [0.4, 0.5) is 4.39 Å². The average molecular weight is 254 g/mol. The molecule has 0 heterocycles. The van der Waals surface area contributed by atoms with E-state index < -0.39 is 0 Å². The van der Waals surface area contributed by atoms with Crippen molar-refractivity contribution in [3.8, 4) is 11.1 Å². The van der Waals surface area contributed by atoms with Gasteiger partial charge in [-0.25, -0.2) is 4.39 Å². The molecule has 1 atom stereocenters. The number of rotatable bonds is 1. The minimum Gasteiger partial charge on any atom is -0.294 e. The van der Waals surface area contributed by atoms with Crippen molar-refractivity contribution in [1.29, 1.82) is 0 Å². The van der Waals surface area contributed by atoms with Gasteiger partial charge in [-0.15, -0.1) is 0 Å². The molecule has 0 saturated carbocycles. The number of carbonyl (C=O) groups excluding carboxylic acids is 1. The van der Waals surface area contributed by atoms with Crippen LogP contribution in [-0.4, -0.2) is 5.78 Å². The first-order chi connectivity index (χ1) is 9.16. The summed E-state index contributed by atoms with van der Waals surface area (Å²) in [7, 11) is 0. The molecule has 1 unspecified atom stereocenters. The lowest BCUT2D eigenvalue weighted by Crippen LogP contribution is -2.13. The summed E-state index contributed by atoms with van der Waals surface area (Å²) in [5.74, 6) is 0.338. The van der Waals surface area contributed by atoms with Crippen LogP contribution in [0.2, 0.25) is 0 Å². The van der Waals surface area contributed by atoms with Crippen molar-refractivity contribution < 1.29 is 9.18 Å². The van der Waals surface area contributed by atoms with Crippen molar-refractivity contribution in [2.45, 2.75) is 25.7 Å². The van der Waals surface area contributed by atoms with Gasteiger partial charge >= 0.3 is 0 Å². The number of Topliss-reactive ketones (excluding diaryl/α,β-unsaturated/α-hetero) is 1. The Kier molecular flexibility index (Phi) is 2.94. The third-order valence-electron chi connectivity index (χ3n) is 3.87. The van der Waals surface area contributed by atoms with E-state index in [1.807, 2.05) is 24.3 Å². The van der Waals surface area contributed by atoms with Crippen LogP contribution in [0.5, 0.6) is 0 Å². The molecule has 0 amide bonds. The monoisotopic (exact) mass is 254 g/mol. The molecule has 1 aliphatic carbocycles. The van der Waals surface area contributed by atoms with E-state index in [1.54, 1.807) is 12.1 Å². The molecule has 0 radical (unpaired) electrons. The smallest absolute Gasteiger partial charge is 0.163 e. The normalized spacial score (nSPS) is 18.2. The lowest BCUT2D eigenvalue weighted by molar-refractivity contribution is 0.0968. The molecule has 0 fully saturated rings. The number of halogens is 1. The third-order valence-corrected chi connectivity index (χ3v) is 3.87. The number of benzene rings is 2. The van der Waals surface area contributed by atoms with Gasteiger partial charge in [0, 0.05) is 17.5 Å². The highest BCUT2D eigenvalue weighted by Gasteiger charge is 2.23. The van der Waals surface area contributed by atoms with E-state index in [4.69, 9.17) is 0 Å². The van der Waals surface area contributed by atoms with Crippen LogP contribution in [0.1, 0.15) is 41.6 Å². The van der Waals surface area contributed by atoms with E-state index in [0.717, 1.165) is 23.1 Å². The van der Waals surface area contributed by atoms with Crippen LogP contribution >= 0.6 is 0 Å². The highest BCUT2D eigenvalue weighted by Crippen LogP contribution is 2.34. The summed E-state index contributed by atoms with van der Waals surface area (Å²) < 4.78 is 13.8. The highest BCUT2D eigenvalue weighted by molar-refractivity contribution is 5.99. The van der Waals surface area contributed by atoms with E-state index in [1.165, 1.54) is 6.07 Å². The number of carbonyl (C=O) groups is 1. The largest absolute Gasteiger partial charge is 0.294 e. The number of hydrogen-bond donors (Lipinski definition) is 0. The maximum Gasteiger partial charge on any atom is 0.163 e. The van der Waals surface area contributed by atoms with Gasteiger partial charge in [0.1, 0.15) is 5.82 Å². The molecular formula is C17H15FO. The first-order valence-electron chi connectivity index (χ1n) is 6.59. The average Bonchev–Trinajstić information content (AvgIpc) is 2.43. The second kappa shape index (κ2) is 4.61. The van der Waals surface area contributed by atoms with Gasteiger partial charge in [-0.3, -0.25) is 4.79 Å². The minimum atomic E-state index is -0.225. The Hall–Kier alpha value is -1.96. The molecule has 0 aromatic heterocycles. The second-order valence-corrected chi connectivity index (χ2v) is 5.14. The van der Waals surface area contributed by atoms with E-state index in [-0.39, 0.29) is 11.6 Å². The van der Waals surface area contributed by atoms with Gasteiger partial charge in [0.15, 0.2) is 5.78 Å². The van der Waals surface area contributed by atoms with Gasteiger partial charge in [-0.1, -0.05) is 43.3 Å². The Balaban J connectivity index is 2.14. The van der Waals surface area contributed by atoms with Crippen molar-refractivity contribution in [2.75, 3.05) is 0 Å². The Morgan fingerprint density at radius 2 is 1.89 bits per heavy atom. The Labute approximate surface area is 112 Å². The fraction of sp³-hybridized carbons (Fsp3) is 0.235. The summed E-state index contributed by atoms with van der Waals surface area (Å²) >= 11 is 0. The summed E-state index contributed by atoms with van der Waals surface area (Å²) in [6.07, 6.45) is 1.50. The molecule has 0 spiro atoms. The first-order valence-corrected chi connectivity index (χ1v) is 6.59. The maximum atomic E-state index is 13.8. The standard InChI is InChI=1S/C17H15FO/c1-11-6-9-17(19)14-8-7-12(10-15(11)14)13-4-2-3-5-16(13)18/h2-5,7-8,10-11H,6,9H2,1H3. The molecule has 2 heteroatoms. The molecule has 0 saturated heterocycles. The summed E-state index contributed by atoms with van der Waals surface area (Å²) in [5, 5.41) is 0. The summed E-state index contributed by atoms with van der Waals surface area (Å²) in [6, 6.07) is 12.4. The van der Waals surface area contributed by atoms with Crippen molar-refractivity contribution in [3.05, 3.63) is 59.4 Å². The SMILES string of the molecule is CC1CCC(=O)c2ccc(-c3ccccc3F)cc21. The molecule has 1 aliphatic rings. The maximum absolute atomic E-state index is 13.8. The molecule has 2 aromatic carbocycles. The zero-order valence-corrected chi connectivity index (χ0v) is 10.8. The highest BCUT2D eigenvalue weighted by atomic mass is 19.1. The van der Waals surface area contributed by atoms with Gasteiger partial charge in [0.25, 0.3) is 0 Å². The minimum absolute atomic E-state index is 0.202.